The van der Waals surface area contributed by atoms with Crippen molar-refractivity contribution in [3.8, 4) is 0 Å². The molecule has 2 saturated heterocycles. The summed E-state index contributed by atoms with van der Waals surface area (Å²) in [7, 11) is 1.73. The molecule has 10 heteroatoms. The smallest absolute Gasteiger partial charge is 0.313 e. The number of pyridine rings is 1. The monoisotopic (exact) mass is 456 g/mol. The van der Waals surface area contributed by atoms with E-state index in [1.165, 1.54) is 0 Å². The lowest BCUT2D eigenvalue weighted by molar-refractivity contribution is -0.143. The summed E-state index contributed by atoms with van der Waals surface area (Å²) >= 11 is 0. The molecule has 3 N–H and O–H groups in total. The topological polar surface area (TPSA) is 108 Å². The predicted molar refractivity (Wildman–Crippen MR) is 124 cm³/mol. The zero-order valence-electron chi connectivity index (χ0n) is 18.7. The van der Waals surface area contributed by atoms with Gasteiger partial charge in [-0.3, -0.25) is 10.2 Å². The highest BCUT2D eigenvalue weighted by molar-refractivity contribution is 5.94. The number of piperazine rings is 1. The second-order valence-corrected chi connectivity index (χ2v) is 8.22. The average Bonchev–Trinajstić information content (AvgIpc) is 2.78. The second kappa shape index (κ2) is 10.0. The van der Waals surface area contributed by atoms with Gasteiger partial charge >= 0.3 is 5.97 Å². The molecule has 2 aliphatic heterocycles. The summed E-state index contributed by atoms with van der Waals surface area (Å²) in [6.45, 7) is 4.35. The molecule has 0 unspecified atom stereocenters. The van der Waals surface area contributed by atoms with Gasteiger partial charge in [0.1, 0.15) is 24.7 Å². The van der Waals surface area contributed by atoms with Crippen LogP contribution in [0.25, 0.3) is 0 Å². The van der Waals surface area contributed by atoms with Crippen molar-refractivity contribution in [2.45, 2.75) is 19.1 Å². The lowest BCUT2D eigenvalue weighted by Gasteiger charge is -2.39. The van der Waals surface area contributed by atoms with Crippen LogP contribution in [0.4, 0.5) is 21.6 Å². The fraction of sp³-hybridized carbons (Fsp3) is 0.435. The molecule has 33 heavy (non-hydrogen) atoms. The van der Waals surface area contributed by atoms with E-state index in [2.05, 4.69) is 20.9 Å². The Morgan fingerprint density at radius 3 is 2.52 bits per heavy atom. The molecular formula is C23H29FN6O3. The maximum absolute atomic E-state index is 15.1. The van der Waals surface area contributed by atoms with Crippen LogP contribution in [0.3, 0.4) is 0 Å². The number of carbonyl (C=O) groups excluding carboxylic acids is 1. The van der Waals surface area contributed by atoms with E-state index in [1.807, 2.05) is 17.2 Å². The largest absolute Gasteiger partial charge is 0.460 e. The first-order valence-electron chi connectivity index (χ1n) is 10.9. The van der Waals surface area contributed by atoms with Crippen molar-refractivity contribution < 1.29 is 18.7 Å². The van der Waals surface area contributed by atoms with Crippen molar-refractivity contribution in [3.05, 3.63) is 47.9 Å². The van der Waals surface area contributed by atoms with Crippen LogP contribution in [-0.4, -0.2) is 69.3 Å². The minimum absolute atomic E-state index is 0.189. The first-order chi connectivity index (χ1) is 15.9. The van der Waals surface area contributed by atoms with Gasteiger partial charge in [0.2, 0.25) is 0 Å². The molecule has 3 heterocycles. The zero-order chi connectivity index (χ0) is 23.4. The summed E-state index contributed by atoms with van der Waals surface area (Å²) in [5.74, 6) is -0.365. The van der Waals surface area contributed by atoms with Crippen LogP contribution < -0.4 is 20.4 Å². The van der Waals surface area contributed by atoms with Gasteiger partial charge in [-0.05, 0) is 18.2 Å². The number of benzene rings is 1. The first-order valence-corrected chi connectivity index (χ1v) is 10.9. The molecule has 1 aromatic heterocycles. The van der Waals surface area contributed by atoms with Gasteiger partial charge in [-0.25, -0.2) is 9.37 Å². The Morgan fingerprint density at radius 2 is 1.88 bits per heavy atom. The van der Waals surface area contributed by atoms with E-state index >= 15 is 4.39 Å². The molecule has 4 rings (SSSR count). The number of nitrogens with one attached hydrogen (secondary N) is 1. The van der Waals surface area contributed by atoms with Crippen LogP contribution in [0, 0.1) is 11.2 Å². The number of carbonyl (C=O) groups is 1. The lowest BCUT2D eigenvalue weighted by atomic mass is 10.1. The number of aromatic nitrogens is 1. The van der Waals surface area contributed by atoms with Gasteiger partial charge in [0.15, 0.2) is 5.82 Å². The molecular weight excluding hydrogens is 427 g/mol. The molecule has 2 fully saturated rings. The van der Waals surface area contributed by atoms with Gasteiger partial charge in [-0.2, -0.15) is 0 Å². The number of nitrogens with zero attached hydrogens (tertiary/aromatic N) is 4. The molecule has 2 aliphatic rings. The minimum atomic E-state index is -0.645. The Morgan fingerprint density at radius 1 is 1.15 bits per heavy atom. The number of ether oxygens (including phenoxy) is 2. The van der Waals surface area contributed by atoms with Crippen molar-refractivity contribution >= 4 is 29.0 Å². The molecule has 2 aromatic rings. The third kappa shape index (κ3) is 5.33. The van der Waals surface area contributed by atoms with E-state index < -0.39 is 11.8 Å². The fourth-order valence-corrected chi connectivity index (χ4v) is 4.02. The summed E-state index contributed by atoms with van der Waals surface area (Å²) in [6.07, 6.45) is 1.87. The Balaban J connectivity index is 1.32. The third-order valence-electron chi connectivity index (χ3n) is 6.00. The number of esters is 1. The SMILES string of the molecule is COC1CN(c2ccc(N3CCN(c4cccc(COC(=O)CC(=N)N)c4F)CC3)cn2)C1. The van der Waals surface area contributed by atoms with Crippen LogP contribution in [0.2, 0.25) is 0 Å². The summed E-state index contributed by atoms with van der Waals surface area (Å²) in [4.78, 5) is 22.6. The van der Waals surface area contributed by atoms with Crippen molar-refractivity contribution in [1.82, 2.24) is 4.98 Å². The van der Waals surface area contributed by atoms with Gasteiger partial charge in [0.05, 0.1) is 23.7 Å². The zero-order valence-corrected chi connectivity index (χ0v) is 18.7. The second-order valence-electron chi connectivity index (χ2n) is 8.22. The Labute approximate surface area is 192 Å². The van der Waals surface area contributed by atoms with Crippen molar-refractivity contribution in [2.24, 2.45) is 5.73 Å². The summed E-state index contributed by atoms with van der Waals surface area (Å²) in [5.41, 5.74) is 7.04. The highest BCUT2D eigenvalue weighted by Gasteiger charge is 2.27. The molecule has 0 atom stereocenters. The highest BCUT2D eigenvalue weighted by atomic mass is 19.1. The van der Waals surface area contributed by atoms with E-state index in [4.69, 9.17) is 20.6 Å². The maximum atomic E-state index is 15.1. The van der Waals surface area contributed by atoms with Gasteiger partial charge in [-0.15, -0.1) is 0 Å². The van der Waals surface area contributed by atoms with Crippen molar-refractivity contribution in [3.63, 3.8) is 0 Å². The van der Waals surface area contributed by atoms with E-state index in [0.717, 1.165) is 37.7 Å². The van der Waals surface area contributed by atoms with Crippen LogP contribution in [0.1, 0.15) is 12.0 Å². The average molecular weight is 457 g/mol. The molecule has 176 valence electrons. The van der Waals surface area contributed by atoms with E-state index in [-0.39, 0.29) is 25.0 Å². The van der Waals surface area contributed by atoms with Crippen LogP contribution in [-0.2, 0) is 20.9 Å². The maximum Gasteiger partial charge on any atom is 0.313 e. The first kappa shape index (κ1) is 22.8. The van der Waals surface area contributed by atoms with Crippen LogP contribution in [0.15, 0.2) is 36.5 Å². The Hall–Kier alpha value is -3.40. The number of amidine groups is 1. The molecule has 0 amide bonds. The Bertz CT molecular complexity index is 988. The number of nitrogens with two attached hydrogens (primary N) is 1. The number of anilines is 3. The molecule has 0 radical (unpaired) electrons. The van der Waals surface area contributed by atoms with Crippen LogP contribution >= 0.6 is 0 Å². The molecule has 0 saturated carbocycles. The molecule has 1 aromatic carbocycles. The normalized spacial score (nSPS) is 16.5. The van der Waals surface area contributed by atoms with E-state index in [1.54, 1.807) is 25.3 Å². The number of hydrogen-bond donors (Lipinski definition) is 2. The number of hydrogen-bond acceptors (Lipinski definition) is 8. The molecule has 0 bridgehead atoms. The summed E-state index contributed by atoms with van der Waals surface area (Å²) in [6, 6.07) is 9.20. The molecule has 0 spiro atoms. The number of methoxy groups -OCH3 is 1. The number of halogens is 1. The van der Waals surface area contributed by atoms with Crippen molar-refractivity contribution in [2.75, 3.05) is 61.1 Å². The fourth-order valence-electron chi connectivity index (χ4n) is 4.02. The van der Waals surface area contributed by atoms with E-state index in [9.17, 15) is 4.79 Å². The summed E-state index contributed by atoms with van der Waals surface area (Å²) < 4.78 is 25.4. The van der Waals surface area contributed by atoms with Gasteiger partial charge in [0, 0.05) is 51.9 Å². The van der Waals surface area contributed by atoms with Crippen molar-refractivity contribution in [1.29, 1.82) is 5.41 Å². The van der Waals surface area contributed by atoms with Crippen LogP contribution in [0.5, 0.6) is 0 Å². The minimum Gasteiger partial charge on any atom is -0.460 e. The van der Waals surface area contributed by atoms with Gasteiger partial charge in [-0.1, -0.05) is 12.1 Å². The molecule has 0 aliphatic carbocycles. The third-order valence-corrected chi connectivity index (χ3v) is 6.00. The summed E-state index contributed by atoms with van der Waals surface area (Å²) in [5, 5.41) is 7.13. The number of rotatable bonds is 8. The van der Waals surface area contributed by atoms with Gasteiger partial charge < -0.3 is 29.9 Å². The predicted octanol–water partition coefficient (Wildman–Crippen LogP) is 1.75. The Kier molecular flexibility index (Phi) is 6.93. The van der Waals surface area contributed by atoms with Gasteiger partial charge in [0.25, 0.3) is 0 Å². The quantitative estimate of drug-likeness (QED) is 0.351. The highest BCUT2D eigenvalue weighted by Crippen LogP contribution is 2.27. The van der Waals surface area contributed by atoms with E-state index in [0.29, 0.717) is 24.3 Å². The standard InChI is InChI=1S/C23H29FN6O3/c1-32-18-13-30(14-18)21-6-5-17(12-27-21)28-7-9-29(10-8-28)19-4-2-3-16(23(19)24)15-33-22(31)11-20(25)26/h2-6,12,18H,7-11,13-15H2,1H3,(H3,25,26). The molecule has 9 nitrogen and oxygen atoms in total. The lowest BCUT2D eigenvalue weighted by Crippen LogP contribution is -2.52.